The molecular weight excluding hydrogens is 432 g/mol. The topological polar surface area (TPSA) is 110 Å². The van der Waals surface area contributed by atoms with Gasteiger partial charge in [-0.3, -0.25) is 14.4 Å². The average molecular weight is 451 g/mol. The second kappa shape index (κ2) is 8.85. The zero-order valence-electron chi connectivity index (χ0n) is 16.1. The van der Waals surface area contributed by atoms with Crippen LogP contribution in [-0.4, -0.2) is 50.7 Å². The highest BCUT2D eigenvalue weighted by atomic mass is 35.5. The molecule has 10 heteroatoms. The van der Waals surface area contributed by atoms with E-state index in [1.165, 1.54) is 35.2 Å². The van der Waals surface area contributed by atoms with Crippen LogP contribution in [0.1, 0.15) is 17.3 Å². The molecule has 0 fully saturated rings. The number of rotatable bonds is 7. The van der Waals surface area contributed by atoms with Crippen molar-refractivity contribution in [2.24, 2.45) is 0 Å². The maximum atomic E-state index is 12.5. The molecule has 1 N–H and O–H groups in total. The van der Waals surface area contributed by atoms with E-state index in [1.807, 2.05) is 0 Å². The summed E-state index contributed by atoms with van der Waals surface area (Å²) in [6.45, 7) is 2.08. The molecule has 1 aliphatic heterocycles. The van der Waals surface area contributed by atoms with Gasteiger partial charge in [0, 0.05) is 22.8 Å². The third-order valence-electron chi connectivity index (χ3n) is 4.37. The maximum absolute atomic E-state index is 12.5. The molecule has 2 amide bonds. The lowest BCUT2D eigenvalue weighted by molar-refractivity contribution is -0.121. The Kier molecular flexibility index (Phi) is 6.42. The Morgan fingerprint density at radius 1 is 1.13 bits per heavy atom. The van der Waals surface area contributed by atoms with E-state index in [2.05, 4.69) is 5.32 Å². The normalized spacial score (nSPS) is 13.4. The van der Waals surface area contributed by atoms with E-state index in [0.29, 0.717) is 28.7 Å². The predicted octanol–water partition coefficient (Wildman–Crippen LogP) is 2.32. The van der Waals surface area contributed by atoms with Crippen molar-refractivity contribution in [3.05, 3.63) is 53.1 Å². The summed E-state index contributed by atoms with van der Waals surface area (Å²) >= 11 is 5.77. The molecule has 0 aliphatic carbocycles. The Balaban J connectivity index is 1.68. The van der Waals surface area contributed by atoms with E-state index >= 15 is 0 Å². The first-order chi connectivity index (χ1) is 14.2. The fraction of sp³-hybridized carbons (Fsp3) is 0.250. The maximum Gasteiger partial charge on any atom is 0.265 e. The highest BCUT2D eigenvalue weighted by Gasteiger charge is 2.27. The van der Waals surface area contributed by atoms with E-state index in [0.717, 1.165) is 0 Å². The molecule has 0 saturated carbocycles. The number of fused-ring (bicyclic) bond motifs is 1. The van der Waals surface area contributed by atoms with Crippen molar-refractivity contribution in [3.63, 3.8) is 0 Å². The Morgan fingerprint density at radius 2 is 1.83 bits per heavy atom. The minimum absolute atomic E-state index is 0.0920. The molecule has 2 aromatic carbocycles. The molecule has 0 unspecified atom stereocenters. The second-order valence-corrected chi connectivity index (χ2v) is 9.12. The summed E-state index contributed by atoms with van der Waals surface area (Å²) in [5.41, 5.74) is 0.926. The molecule has 30 heavy (non-hydrogen) atoms. The standard InChI is InChI=1S/C20H19ClN2O6S/c1-2-23-16-9-13(3-8-18(16)29-10-20(23)26)17(24)11-30(27,28)12-19(25)22-15-6-4-14(21)5-7-15/h3-9H,2,10-12H2,1H3,(H,22,25). The Hall–Kier alpha value is -2.91. The molecule has 1 heterocycles. The van der Waals surface area contributed by atoms with Crippen LogP contribution in [0.5, 0.6) is 5.75 Å². The number of carbonyl (C=O) groups is 3. The van der Waals surface area contributed by atoms with Gasteiger partial charge in [0.15, 0.2) is 22.2 Å². The van der Waals surface area contributed by atoms with Crippen LogP contribution in [0.3, 0.4) is 0 Å². The van der Waals surface area contributed by atoms with Crippen LogP contribution in [-0.2, 0) is 19.4 Å². The van der Waals surface area contributed by atoms with Crippen LogP contribution in [0.2, 0.25) is 5.02 Å². The lowest BCUT2D eigenvalue weighted by Crippen LogP contribution is -2.38. The van der Waals surface area contributed by atoms with E-state index in [1.54, 1.807) is 19.1 Å². The molecule has 0 aromatic heterocycles. The van der Waals surface area contributed by atoms with Gasteiger partial charge in [-0.2, -0.15) is 0 Å². The van der Waals surface area contributed by atoms with E-state index in [4.69, 9.17) is 16.3 Å². The number of likely N-dealkylation sites (N-methyl/N-ethyl adjacent to an activating group) is 1. The molecule has 2 aromatic rings. The first-order valence-electron chi connectivity index (χ1n) is 9.05. The van der Waals surface area contributed by atoms with Gasteiger partial charge in [-0.15, -0.1) is 0 Å². The fourth-order valence-corrected chi connectivity index (χ4v) is 4.25. The number of hydrogen-bond acceptors (Lipinski definition) is 6. The Bertz CT molecular complexity index is 1100. The van der Waals surface area contributed by atoms with Crippen molar-refractivity contribution in [2.75, 3.05) is 34.9 Å². The lowest BCUT2D eigenvalue weighted by atomic mass is 10.1. The largest absolute Gasteiger partial charge is 0.482 e. The van der Waals surface area contributed by atoms with Gasteiger partial charge in [-0.05, 0) is 49.4 Å². The molecule has 3 rings (SSSR count). The van der Waals surface area contributed by atoms with Crippen molar-refractivity contribution in [3.8, 4) is 5.75 Å². The number of sulfone groups is 1. The van der Waals surface area contributed by atoms with Gasteiger partial charge in [-0.25, -0.2) is 8.42 Å². The number of nitrogens with zero attached hydrogens (tertiary/aromatic N) is 1. The molecule has 0 spiro atoms. The van der Waals surface area contributed by atoms with Crippen LogP contribution in [0.15, 0.2) is 42.5 Å². The van der Waals surface area contributed by atoms with Crippen molar-refractivity contribution in [1.29, 1.82) is 0 Å². The monoisotopic (exact) mass is 450 g/mol. The Morgan fingerprint density at radius 3 is 2.50 bits per heavy atom. The van der Waals surface area contributed by atoms with Gasteiger partial charge in [0.1, 0.15) is 17.3 Å². The number of benzene rings is 2. The number of nitrogens with one attached hydrogen (secondary N) is 1. The molecule has 0 atom stereocenters. The zero-order chi connectivity index (χ0) is 21.9. The van der Waals surface area contributed by atoms with Crippen LogP contribution < -0.4 is 15.0 Å². The first kappa shape index (κ1) is 21.8. The molecule has 0 radical (unpaired) electrons. The van der Waals surface area contributed by atoms with Crippen LogP contribution in [0, 0.1) is 0 Å². The minimum Gasteiger partial charge on any atom is -0.482 e. The molecule has 1 aliphatic rings. The summed E-state index contributed by atoms with van der Waals surface area (Å²) in [6, 6.07) is 10.6. The van der Waals surface area contributed by atoms with Crippen molar-refractivity contribution < 1.29 is 27.5 Å². The highest BCUT2D eigenvalue weighted by molar-refractivity contribution is 7.92. The summed E-state index contributed by atoms with van der Waals surface area (Å²) in [6.07, 6.45) is 0. The van der Waals surface area contributed by atoms with Gasteiger partial charge in [0.25, 0.3) is 5.91 Å². The van der Waals surface area contributed by atoms with Crippen molar-refractivity contribution in [1.82, 2.24) is 0 Å². The van der Waals surface area contributed by atoms with Gasteiger partial charge < -0.3 is 15.0 Å². The second-order valence-electron chi connectivity index (χ2n) is 6.62. The Labute approximate surface area is 178 Å². The van der Waals surface area contributed by atoms with Crippen LogP contribution in [0.4, 0.5) is 11.4 Å². The van der Waals surface area contributed by atoms with Gasteiger partial charge in [-0.1, -0.05) is 11.6 Å². The number of halogens is 1. The summed E-state index contributed by atoms with van der Waals surface area (Å²) in [4.78, 5) is 38.0. The minimum atomic E-state index is -4.01. The van der Waals surface area contributed by atoms with Crippen molar-refractivity contribution >= 4 is 50.4 Å². The molecule has 0 saturated heterocycles. The summed E-state index contributed by atoms with van der Waals surface area (Å²) < 4.78 is 30.0. The number of Topliss-reactive ketones (excluding diaryl/α,β-unsaturated/α-hetero) is 1. The quantitative estimate of drug-likeness (QED) is 0.648. The lowest BCUT2D eigenvalue weighted by Gasteiger charge is -2.28. The van der Waals surface area contributed by atoms with Crippen molar-refractivity contribution in [2.45, 2.75) is 6.92 Å². The number of ketones is 1. The third kappa shape index (κ3) is 5.17. The van der Waals surface area contributed by atoms with Gasteiger partial charge >= 0.3 is 0 Å². The van der Waals surface area contributed by atoms with Gasteiger partial charge in [0.2, 0.25) is 5.91 Å². The molecule has 158 valence electrons. The van der Waals surface area contributed by atoms with E-state index < -0.39 is 33.0 Å². The number of hydrogen-bond donors (Lipinski definition) is 1. The number of amides is 2. The predicted molar refractivity (Wildman–Crippen MR) is 113 cm³/mol. The molecular formula is C20H19ClN2O6S. The smallest absolute Gasteiger partial charge is 0.265 e. The SMILES string of the molecule is CCN1C(=O)COc2ccc(C(=O)CS(=O)(=O)CC(=O)Nc3ccc(Cl)cc3)cc21. The fourth-order valence-electron chi connectivity index (χ4n) is 2.99. The first-order valence-corrected chi connectivity index (χ1v) is 11.2. The van der Waals surface area contributed by atoms with E-state index in [-0.39, 0.29) is 18.1 Å². The van der Waals surface area contributed by atoms with E-state index in [9.17, 15) is 22.8 Å². The number of carbonyl (C=O) groups excluding carboxylic acids is 3. The summed E-state index contributed by atoms with van der Waals surface area (Å²) in [5, 5.41) is 2.93. The number of ether oxygens (including phenoxy) is 1. The zero-order valence-corrected chi connectivity index (χ0v) is 17.6. The summed E-state index contributed by atoms with van der Waals surface area (Å²) in [5.74, 6) is -2.91. The molecule has 0 bridgehead atoms. The third-order valence-corrected chi connectivity index (χ3v) is 6.03. The van der Waals surface area contributed by atoms with Crippen LogP contribution in [0.25, 0.3) is 0 Å². The van der Waals surface area contributed by atoms with Gasteiger partial charge in [0.05, 0.1) is 5.69 Å². The highest BCUT2D eigenvalue weighted by Crippen LogP contribution is 2.33. The summed E-state index contributed by atoms with van der Waals surface area (Å²) in [7, 11) is -4.01. The average Bonchev–Trinajstić information content (AvgIpc) is 2.68. The molecule has 8 nitrogen and oxygen atoms in total. The van der Waals surface area contributed by atoms with Crippen LogP contribution >= 0.6 is 11.6 Å². The number of anilines is 2.